The molecule has 0 aliphatic rings. The summed E-state index contributed by atoms with van der Waals surface area (Å²) in [6, 6.07) is 10.1. The predicted molar refractivity (Wildman–Crippen MR) is 86.8 cm³/mol. The lowest BCUT2D eigenvalue weighted by Crippen LogP contribution is -2.11. The Bertz CT molecular complexity index is 610. The van der Waals surface area contributed by atoms with Gasteiger partial charge in [0.1, 0.15) is 5.75 Å². The molecule has 2 rings (SSSR count). The maximum absolute atomic E-state index is 5.86. The summed E-state index contributed by atoms with van der Waals surface area (Å²) >= 11 is 0. The van der Waals surface area contributed by atoms with E-state index in [1.54, 1.807) is 6.20 Å². The first-order valence-corrected chi connectivity index (χ1v) is 7.28. The van der Waals surface area contributed by atoms with Crippen molar-refractivity contribution in [1.29, 1.82) is 0 Å². The van der Waals surface area contributed by atoms with Gasteiger partial charge in [-0.25, -0.2) is 4.98 Å². The molecule has 0 saturated heterocycles. The second-order valence-corrected chi connectivity index (χ2v) is 6.55. The molecule has 0 fully saturated rings. The van der Waals surface area contributed by atoms with Crippen LogP contribution < -0.4 is 10.5 Å². The first-order chi connectivity index (χ1) is 9.77. The number of ether oxygens (including phenoxy) is 1. The third-order valence-electron chi connectivity index (χ3n) is 3.54. The Morgan fingerprint density at radius 1 is 1.14 bits per heavy atom. The van der Waals surface area contributed by atoms with Gasteiger partial charge in [0.25, 0.3) is 0 Å². The van der Waals surface area contributed by atoms with Crippen LogP contribution in [0.4, 0.5) is 0 Å². The van der Waals surface area contributed by atoms with Crippen molar-refractivity contribution in [3.05, 3.63) is 53.2 Å². The summed E-state index contributed by atoms with van der Waals surface area (Å²) in [5.41, 5.74) is 9.37. The number of hydrogen-bond acceptors (Lipinski definition) is 3. The standard InChI is InChI=1S/C18H24N2O/c1-12-10-15(18(3,4)5)7-8-16(12)21-17-9-6-14(11-20-17)13(2)19/h6-11,13H,19H2,1-5H3/t13-/m0/s1. The van der Waals surface area contributed by atoms with Gasteiger partial charge in [-0.1, -0.05) is 39.0 Å². The molecular formula is C18H24N2O. The lowest BCUT2D eigenvalue weighted by atomic mass is 9.86. The number of nitrogens with two attached hydrogens (primary N) is 1. The van der Waals surface area contributed by atoms with Crippen molar-refractivity contribution in [1.82, 2.24) is 4.98 Å². The number of nitrogens with zero attached hydrogens (tertiary/aromatic N) is 1. The monoisotopic (exact) mass is 284 g/mol. The van der Waals surface area contributed by atoms with Gasteiger partial charge in [0.2, 0.25) is 5.88 Å². The average Bonchev–Trinajstić information content (AvgIpc) is 2.40. The molecule has 3 heteroatoms. The number of aromatic nitrogens is 1. The van der Waals surface area contributed by atoms with Gasteiger partial charge < -0.3 is 10.5 Å². The van der Waals surface area contributed by atoms with E-state index in [4.69, 9.17) is 10.5 Å². The average molecular weight is 284 g/mol. The van der Waals surface area contributed by atoms with E-state index in [1.165, 1.54) is 5.56 Å². The van der Waals surface area contributed by atoms with Crippen LogP contribution in [0, 0.1) is 6.92 Å². The quantitative estimate of drug-likeness (QED) is 0.902. The topological polar surface area (TPSA) is 48.1 Å². The molecule has 3 nitrogen and oxygen atoms in total. The fourth-order valence-corrected chi connectivity index (χ4v) is 2.06. The molecule has 0 unspecified atom stereocenters. The van der Waals surface area contributed by atoms with Crippen LogP contribution in [0.1, 0.15) is 50.4 Å². The summed E-state index contributed by atoms with van der Waals surface area (Å²) in [5.74, 6) is 1.43. The number of aryl methyl sites for hydroxylation is 1. The zero-order valence-electron chi connectivity index (χ0n) is 13.5. The molecule has 0 spiro atoms. The molecule has 2 aromatic rings. The highest BCUT2D eigenvalue weighted by Crippen LogP contribution is 2.29. The van der Waals surface area contributed by atoms with E-state index in [0.717, 1.165) is 16.9 Å². The van der Waals surface area contributed by atoms with Gasteiger partial charge in [0.15, 0.2) is 0 Å². The Morgan fingerprint density at radius 3 is 2.33 bits per heavy atom. The van der Waals surface area contributed by atoms with Gasteiger partial charge in [0, 0.05) is 18.3 Å². The molecule has 0 saturated carbocycles. The molecule has 1 aromatic carbocycles. The second-order valence-electron chi connectivity index (χ2n) is 6.55. The molecule has 112 valence electrons. The Balaban J connectivity index is 2.20. The summed E-state index contributed by atoms with van der Waals surface area (Å²) in [5, 5.41) is 0. The van der Waals surface area contributed by atoms with Crippen molar-refractivity contribution >= 4 is 0 Å². The molecule has 1 aromatic heterocycles. The van der Waals surface area contributed by atoms with Crippen LogP contribution in [0.3, 0.4) is 0 Å². The van der Waals surface area contributed by atoms with E-state index in [1.807, 2.05) is 25.1 Å². The molecule has 1 heterocycles. The summed E-state index contributed by atoms with van der Waals surface area (Å²) < 4.78 is 5.86. The molecule has 21 heavy (non-hydrogen) atoms. The summed E-state index contributed by atoms with van der Waals surface area (Å²) in [6.07, 6.45) is 1.76. The fraction of sp³-hybridized carbons (Fsp3) is 0.389. The minimum Gasteiger partial charge on any atom is -0.439 e. The zero-order chi connectivity index (χ0) is 15.6. The van der Waals surface area contributed by atoms with E-state index in [9.17, 15) is 0 Å². The maximum atomic E-state index is 5.86. The smallest absolute Gasteiger partial charge is 0.219 e. The highest BCUT2D eigenvalue weighted by molar-refractivity contribution is 5.40. The Hall–Kier alpha value is -1.87. The molecule has 0 bridgehead atoms. The summed E-state index contributed by atoms with van der Waals surface area (Å²) in [6.45, 7) is 10.6. The second kappa shape index (κ2) is 5.86. The van der Waals surface area contributed by atoms with Crippen LogP contribution in [0.2, 0.25) is 0 Å². The van der Waals surface area contributed by atoms with Crippen molar-refractivity contribution in [2.75, 3.05) is 0 Å². The third kappa shape index (κ3) is 3.82. The highest BCUT2D eigenvalue weighted by atomic mass is 16.5. The Morgan fingerprint density at radius 2 is 1.86 bits per heavy atom. The number of pyridine rings is 1. The van der Waals surface area contributed by atoms with E-state index in [-0.39, 0.29) is 11.5 Å². The first kappa shape index (κ1) is 15.5. The van der Waals surface area contributed by atoms with Crippen molar-refractivity contribution in [3.63, 3.8) is 0 Å². The van der Waals surface area contributed by atoms with Crippen molar-refractivity contribution in [2.45, 2.75) is 46.1 Å². The van der Waals surface area contributed by atoms with Crippen molar-refractivity contribution < 1.29 is 4.74 Å². The number of rotatable bonds is 3. The van der Waals surface area contributed by atoms with Gasteiger partial charge in [-0.05, 0) is 42.0 Å². The van der Waals surface area contributed by atoms with Gasteiger partial charge in [-0.15, -0.1) is 0 Å². The van der Waals surface area contributed by atoms with E-state index < -0.39 is 0 Å². The van der Waals surface area contributed by atoms with Crippen LogP contribution in [0.15, 0.2) is 36.5 Å². The van der Waals surface area contributed by atoms with E-state index >= 15 is 0 Å². The number of hydrogen-bond donors (Lipinski definition) is 1. The minimum atomic E-state index is -0.0145. The lowest BCUT2D eigenvalue weighted by Gasteiger charge is -2.20. The van der Waals surface area contributed by atoms with Crippen LogP contribution in [-0.4, -0.2) is 4.98 Å². The van der Waals surface area contributed by atoms with Crippen molar-refractivity contribution in [3.8, 4) is 11.6 Å². The van der Waals surface area contributed by atoms with Crippen LogP contribution in [0.25, 0.3) is 0 Å². The predicted octanol–water partition coefficient (Wildman–Crippen LogP) is 4.50. The minimum absolute atomic E-state index is 0.0145. The van der Waals surface area contributed by atoms with Gasteiger partial charge in [0.05, 0.1) is 0 Å². The largest absolute Gasteiger partial charge is 0.439 e. The fourth-order valence-electron chi connectivity index (χ4n) is 2.06. The SMILES string of the molecule is Cc1cc(C(C)(C)C)ccc1Oc1ccc([C@H](C)N)cn1. The molecule has 2 N–H and O–H groups in total. The highest BCUT2D eigenvalue weighted by Gasteiger charge is 2.15. The summed E-state index contributed by atoms with van der Waals surface area (Å²) in [7, 11) is 0. The van der Waals surface area contributed by atoms with Gasteiger partial charge in [-0.3, -0.25) is 0 Å². The van der Waals surface area contributed by atoms with Gasteiger partial charge >= 0.3 is 0 Å². The maximum Gasteiger partial charge on any atom is 0.219 e. The molecule has 1 atom stereocenters. The molecular weight excluding hydrogens is 260 g/mol. The Kier molecular flexibility index (Phi) is 4.33. The van der Waals surface area contributed by atoms with E-state index in [2.05, 4.69) is 44.8 Å². The lowest BCUT2D eigenvalue weighted by molar-refractivity contribution is 0.457. The number of benzene rings is 1. The normalized spacial score (nSPS) is 13.0. The van der Waals surface area contributed by atoms with Crippen LogP contribution in [0.5, 0.6) is 11.6 Å². The summed E-state index contributed by atoms with van der Waals surface area (Å²) in [4.78, 5) is 4.31. The van der Waals surface area contributed by atoms with Crippen LogP contribution >= 0.6 is 0 Å². The molecule has 0 amide bonds. The van der Waals surface area contributed by atoms with Gasteiger partial charge in [-0.2, -0.15) is 0 Å². The Labute approximate surface area is 127 Å². The third-order valence-corrected chi connectivity index (χ3v) is 3.54. The van der Waals surface area contributed by atoms with Crippen molar-refractivity contribution in [2.24, 2.45) is 5.73 Å². The van der Waals surface area contributed by atoms with E-state index in [0.29, 0.717) is 5.88 Å². The molecule has 0 aliphatic heterocycles. The molecule has 0 aliphatic carbocycles. The van der Waals surface area contributed by atoms with Crippen LogP contribution in [-0.2, 0) is 5.41 Å². The first-order valence-electron chi connectivity index (χ1n) is 7.28. The zero-order valence-corrected chi connectivity index (χ0v) is 13.5. The molecule has 0 radical (unpaired) electrons.